The zero-order chi connectivity index (χ0) is 25.7. The van der Waals surface area contributed by atoms with Crippen LogP contribution in [0.15, 0.2) is 54.6 Å². The van der Waals surface area contributed by atoms with Crippen molar-refractivity contribution in [3.8, 4) is 22.3 Å². The second-order valence-electron chi connectivity index (χ2n) is 12.7. The number of aromatic amines is 1. The van der Waals surface area contributed by atoms with Crippen molar-refractivity contribution >= 4 is 35.6 Å². The van der Waals surface area contributed by atoms with Crippen LogP contribution in [0.2, 0.25) is 0 Å². The van der Waals surface area contributed by atoms with Gasteiger partial charge < -0.3 is 14.3 Å². The van der Waals surface area contributed by atoms with Crippen LogP contribution in [0.5, 0.6) is 0 Å². The van der Waals surface area contributed by atoms with E-state index in [4.69, 9.17) is 9.31 Å². The molecular weight excluding hydrogens is 453 g/mol. The Morgan fingerprint density at radius 2 is 1.57 bits per heavy atom. The van der Waals surface area contributed by atoms with E-state index in [1.807, 2.05) is 0 Å². The minimum atomic E-state index is -0.367. The highest BCUT2D eigenvalue weighted by Crippen LogP contribution is 2.39. The molecule has 1 aromatic heterocycles. The third-order valence-electron chi connectivity index (χ3n) is 9.09. The zero-order valence-electron chi connectivity index (χ0n) is 22.7. The number of hydrogen-bond donors (Lipinski definition) is 1. The molecule has 1 N–H and O–H groups in total. The third-order valence-corrected chi connectivity index (χ3v) is 9.09. The van der Waals surface area contributed by atoms with Crippen molar-refractivity contribution in [2.45, 2.75) is 65.6 Å². The van der Waals surface area contributed by atoms with Crippen LogP contribution >= 0.6 is 0 Å². The molecule has 4 aromatic rings. The molecule has 2 heterocycles. The van der Waals surface area contributed by atoms with Crippen LogP contribution in [0.3, 0.4) is 0 Å². The Labute approximate surface area is 219 Å². The molecule has 186 valence electrons. The van der Waals surface area contributed by atoms with Gasteiger partial charge in [-0.25, -0.2) is 0 Å². The molecule has 1 fully saturated rings. The highest BCUT2D eigenvalue weighted by atomic mass is 16.7. The fourth-order valence-corrected chi connectivity index (χ4v) is 6.22. The van der Waals surface area contributed by atoms with Crippen LogP contribution in [-0.4, -0.2) is 23.3 Å². The summed E-state index contributed by atoms with van der Waals surface area (Å²) in [6, 6.07) is 19.9. The molecule has 3 aromatic carbocycles. The molecule has 0 bridgehead atoms. The van der Waals surface area contributed by atoms with Gasteiger partial charge in [0.25, 0.3) is 0 Å². The first-order chi connectivity index (χ1) is 17.5. The number of rotatable bonds is 2. The smallest absolute Gasteiger partial charge is 0.399 e. The average molecular weight is 487 g/mol. The van der Waals surface area contributed by atoms with Gasteiger partial charge in [0, 0.05) is 16.3 Å². The van der Waals surface area contributed by atoms with Crippen molar-refractivity contribution in [2.75, 3.05) is 0 Å². The second kappa shape index (κ2) is 7.49. The van der Waals surface area contributed by atoms with Crippen LogP contribution in [0.4, 0.5) is 0 Å². The summed E-state index contributed by atoms with van der Waals surface area (Å²) in [5.41, 5.74) is 9.61. The Balaban J connectivity index is 1.46. The van der Waals surface area contributed by atoms with Crippen LogP contribution in [0, 0.1) is 5.41 Å². The van der Waals surface area contributed by atoms with Crippen LogP contribution < -0.4 is 16.0 Å². The molecule has 0 saturated carbocycles. The number of fused-ring (bicyclic) bond motifs is 6. The Kier molecular flexibility index (Phi) is 4.67. The summed E-state index contributed by atoms with van der Waals surface area (Å²) in [7, 11) is -0.367. The molecule has 0 atom stereocenters. The lowest BCUT2D eigenvalue weighted by Crippen LogP contribution is -2.41. The predicted octanol–water partition coefficient (Wildman–Crippen LogP) is 5.70. The van der Waals surface area contributed by atoms with Gasteiger partial charge in [-0.15, -0.1) is 0 Å². The Bertz CT molecular complexity index is 1690. The van der Waals surface area contributed by atoms with Gasteiger partial charge in [0.05, 0.1) is 16.7 Å². The fraction of sp³-hybridized carbons (Fsp3) is 0.333. The normalized spacial score (nSPS) is 20.2. The molecule has 3 nitrogen and oxygen atoms in total. The second-order valence-corrected chi connectivity index (χ2v) is 12.7. The van der Waals surface area contributed by atoms with Crippen molar-refractivity contribution in [1.82, 2.24) is 4.98 Å². The molecule has 4 heteroatoms. The van der Waals surface area contributed by atoms with E-state index >= 15 is 0 Å². The molecule has 3 aliphatic rings. The summed E-state index contributed by atoms with van der Waals surface area (Å²) in [6.45, 7) is 13.1. The van der Waals surface area contributed by atoms with E-state index in [1.165, 1.54) is 61.3 Å². The average Bonchev–Trinajstić information content (AvgIpc) is 3.44. The lowest BCUT2D eigenvalue weighted by molar-refractivity contribution is 0.00578. The van der Waals surface area contributed by atoms with E-state index in [0.717, 1.165) is 11.9 Å². The quantitative estimate of drug-likeness (QED) is 0.325. The van der Waals surface area contributed by atoms with Gasteiger partial charge >= 0.3 is 7.12 Å². The standard InChI is InChI=1S/C33H34BNO2/c1-31(2)15-14-23-27-18-25-24-17-22(34-36-32(3,4)33(5,6)37-34)13-12-21(24)16-26(25)29(20-10-8-7-9-11-20)30(27)35-28(23)19-31/h7-13,16-19,35H,14-15H2,1-6H3. The molecule has 1 saturated heterocycles. The van der Waals surface area contributed by atoms with E-state index in [9.17, 15) is 0 Å². The van der Waals surface area contributed by atoms with Gasteiger partial charge in [-0.2, -0.15) is 0 Å². The Morgan fingerprint density at radius 3 is 2.30 bits per heavy atom. The molecular formula is C33H34BNO2. The van der Waals surface area contributed by atoms with E-state index in [-0.39, 0.29) is 23.7 Å². The number of H-pyrrole nitrogens is 1. The van der Waals surface area contributed by atoms with Crippen LogP contribution in [0.1, 0.15) is 59.1 Å². The minimum Gasteiger partial charge on any atom is -0.399 e. The van der Waals surface area contributed by atoms with Gasteiger partial charge in [0.2, 0.25) is 0 Å². The molecule has 0 unspecified atom stereocenters. The van der Waals surface area contributed by atoms with Crippen molar-refractivity contribution < 1.29 is 9.31 Å². The predicted molar refractivity (Wildman–Crippen MR) is 154 cm³/mol. The SMILES string of the molecule is CC1(C)C=c2[nH]c3c(-c4ccccc4)c4c(cc3c2CC1)-c1cc(B2OC(C)(C)C(C)(C)O2)ccc1C=4. The van der Waals surface area contributed by atoms with Crippen LogP contribution in [-0.2, 0) is 15.7 Å². The van der Waals surface area contributed by atoms with E-state index in [0.29, 0.717) is 0 Å². The number of aromatic nitrogens is 1. The van der Waals surface area contributed by atoms with E-state index in [1.54, 1.807) is 0 Å². The summed E-state index contributed by atoms with van der Waals surface area (Å²) < 4.78 is 12.8. The Hall–Kier alpha value is -3.08. The largest absolute Gasteiger partial charge is 0.494 e. The minimum absolute atomic E-state index is 0.208. The third kappa shape index (κ3) is 3.42. The molecule has 1 aliphatic heterocycles. The lowest BCUT2D eigenvalue weighted by Gasteiger charge is -2.32. The summed E-state index contributed by atoms with van der Waals surface area (Å²) in [6.07, 6.45) is 7.05. The molecule has 0 amide bonds. The maximum atomic E-state index is 6.40. The van der Waals surface area contributed by atoms with E-state index in [2.05, 4.69) is 113 Å². The number of nitrogens with one attached hydrogen (secondary N) is 1. The fourth-order valence-electron chi connectivity index (χ4n) is 6.22. The molecule has 37 heavy (non-hydrogen) atoms. The Morgan fingerprint density at radius 1 is 0.838 bits per heavy atom. The summed E-state index contributed by atoms with van der Waals surface area (Å²) in [4.78, 5) is 3.85. The highest BCUT2D eigenvalue weighted by Gasteiger charge is 2.51. The van der Waals surface area contributed by atoms with Crippen molar-refractivity contribution in [3.05, 3.63) is 76.3 Å². The number of benzene rings is 3. The van der Waals surface area contributed by atoms with Crippen molar-refractivity contribution in [1.29, 1.82) is 0 Å². The van der Waals surface area contributed by atoms with Gasteiger partial charge in [-0.3, -0.25) is 0 Å². The number of aryl methyl sites for hydroxylation is 1. The van der Waals surface area contributed by atoms with Gasteiger partial charge in [0.1, 0.15) is 0 Å². The molecule has 7 rings (SSSR count). The van der Waals surface area contributed by atoms with Gasteiger partial charge in [0.15, 0.2) is 0 Å². The monoisotopic (exact) mass is 487 g/mol. The first kappa shape index (κ1) is 23.1. The first-order valence-electron chi connectivity index (χ1n) is 13.5. The maximum Gasteiger partial charge on any atom is 0.494 e. The van der Waals surface area contributed by atoms with Crippen molar-refractivity contribution in [3.63, 3.8) is 0 Å². The number of hydrogen-bond acceptors (Lipinski definition) is 2. The topological polar surface area (TPSA) is 34.2 Å². The van der Waals surface area contributed by atoms with E-state index < -0.39 is 0 Å². The summed E-state index contributed by atoms with van der Waals surface area (Å²) >= 11 is 0. The summed E-state index contributed by atoms with van der Waals surface area (Å²) in [5.74, 6) is 0. The van der Waals surface area contributed by atoms with Crippen LogP contribution in [0.25, 0.3) is 45.3 Å². The zero-order valence-corrected chi connectivity index (χ0v) is 22.7. The molecule has 2 aliphatic carbocycles. The lowest BCUT2D eigenvalue weighted by atomic mass is 9.77. The van der Waals surface area contributed by atoms with Crippen molar-refractivity contribution in [2.24, 2.45) is 5.41 Å². The molecule has 0 spiro atoms. The van der Waals surface area contributed by atoms with Gasteiger partial charge in [-0.1, -0.05) is 68.5 Å². The highest BCUT2D eigenvalue weighted by molar-refractivity contribution is 6.62. The first-order valence-corrected chi connectivity index (χ1v) is 13.5. The summed E-state index contributed by atoms with van der Waals surface area (Å²) in [5, 5.41) is 3.93. The molecule has 0 radical (unpaired) electrons. The van der Waals surface area contributed by atoms with Gasteiger partial charge in [-0.05, 0) is 96.6 Å². The maximum absolute atomic E-state index is 6.40.